The first-order valence-corrected chi connectivity index (χ1v) is 7.88. The summed E-state index contributed by atoms with van der Waals surface area (Å²) >= 11 is 0. The number of nitrogens with one attached hydrogen (secondary N) is 1. The number of rotatable bonds is 5. The van der Waals surface area contributed by atoms with Gasteiger partial charge in [-0.3, -0.25) is 0 Å². The molecule has 0 fully saturated rings. The van der Waals surface area contributed by atoms with Crippen LogP contribution < -0.4 is 10.1 Å². The van der Waals surface area contributed by atoms with Crippen molar-refractivity contribution < 1.29 is 9.13 Å². The summed E-state index contributed by atoms with van der Waals surface area (Å²) in [6.07, 6.45) is 3.55. The van der Waals surface area contributed by atoms with E-state index in [4.69, 9.17) is 4.74 Å². The maximum atomic E-state index is 14.5. The Labute approximate surface area is 145 Å². The molecule has 0 spiro atoms. The summed E-state index contributed by atoms with van der Waals surface area (Å²) in [5.74, 6) is 1.65. The zero-order valence-corrected chi connectivity index (χ0v) is 14.6. The number of aryl methyl sites for hydroxylation is 3. The van der Waals surface area contributed by atoms with E-state index in [0.717, 1.165) is 11.4 Å². The molecule has 3 aromatic rings. The quantitative estimate of drug-likeness (QED) is 0.772. The predicted octanol–water partition coefficient (Wildman–Crippen LogP) is 3.18. The Hall–Kier alpha value is -2.96. The molecule has 0 saturated carbocycles. The van der Waals surface area contributed by atoms with E-state index in [0.29, 0.717) is 17.3 Å². The molecule has 1 atom stereocenters. The minimum absolute atomic E-state index is 0.154. The van der Waals surface area contributed by atoms with Crippen LogP contribution in [0.3, 0.4) is 0 Å². The minimum atomic E-state index is -0.465. The molecular formula is C18H20FN5O. The molecule has 0 aliphatic carbocycles. The SMILES string of the molecule is COc1cccc(C(Nc2nc(C)nc(C)c2F)c2nccn2C)c1. The van der Waals surface area contributed by atoms with E-state index < -0.39 is 11.9 Å². The molecule has 2 aromatic heterocycles. The molecule has 7 heteroatoms. The van der Waals surface area contributed by atoms with Gasteiger partial charge in [0.05, 0.1) is 12.8 Å². The van der Waals surface area contributed by atoms with Crippen molar-refractivity contribution in [3.63, 3.8) is 0 Å². The zero-order chi connectivity index (χ0) is 18.0. The van der Waals surface area contributed by atoms with Crippen molar-refractivity contribution in [2.45, 2.75) is 19.9 Å². The van der Waals surface area contributed by atoms with E-state index in [2.05, 4.69) is 20.3 Å². The van der Waals surface area contributed by atoms with Crippen LogP contribution in [-0.4, -0.2) is 26.6 Å². The lowest BCUT2D eigenvalue weighted by atomic mass is 10.1. The minimum Gasteiger partial charge on any atom is -0.497 e. The largest absolute Gasteiger partial charge is 0.497 e. The Balaban J connectivity index is 2.08. The second-order valence-electron chi connectivity index (χ2n) is 5.77. The maximum Gasteiger partial charge on any atom is 0.186 e. The summed E-state index contributed by atoms with van der Waals surface area (Å²) in [5, 5.41) is 3.17. The first kappa shape index (κ1) is 16.9. The topological polar surface area (TPSA) is 64.9 Å². The number of methoxy groups -OCH3 is 1. The molecule has 0 aliphatic heterocycles. The first-order valence-electron chi connectivity index (χ1n) is 7.88. The highest BCUT2D eigenvalue weighted by molar-refractivity contribution is 5.45. The van der Waals surface area contributed by atoms with E-state index in [1.807, 2.05) is 42.1 Å². The highest BCUT2D eigenvalue weighted by Crippen LogP contribution is 2.28. The molecule has 3 rings (SSSR count). The average molecular weight is 341 g/mol. The van der Waals surface area contributed by atoms with Gasteiger partial charge in [-0.25, -0.2) is 19.3 Å². The highest BCUT2D eigenvalue weighted by atomic mass is 19.1. The van der Waals surface area contributed by atoms with Crippen LogP contribution in [0, 0.1) is 19.7 Å². The summed E-state index contributed by atoms with van der Waals surface area (Å²) < 4.78 is 21.7. The fourth-order valence-corrected chi connectivity index (χ4v) is 2.70. The molecule has 0 aliphatic rings. The molecule has 1 aromatic carbocycles. The predicted molar refractivity (Wildman–Crippen MR) is 93.1 cm³/mol. The number of aromatic nitrogens is 4. The van der Waals surface area contributed by atoms with Gasteiger partial charge in [-0.15, -0.1) is 0 Å². The standard InChI is InChI=1S/C18H20FN5O/c1-11-15(19)17(22-12(2)21-11)23-16(18-20-8-9-24(18)3)13-6-5-7-14(10-13)25-4/h5-10,16H,1-4H3,(H,21,22,23). The first-order chi connectivity index (χ1) is 12.0. The summed E-state index contributed by atoms with van der Waals surface area (Å²) in [7, 11) is 3.50. The summed E-state index contributed by atoms with van der Waals surface area (Å²) in [4.78, 5) is 12.7. The molecule has 0 radical (unpaired) electrons. The third-order valence-corrected chi connectivity index (χ3v) is 3.95. The molecule has 25 heavy (non-hydrogen) atoms. The van der Waals surface area contributed by atoms with Gasteiger partial charge in [0.1, 0.15) is 23.4 Å². The monoisotopic (exact) mass is 341 g/mol. The normalized spacial score (nSPS) is 12.0. The number of hydrogen-bond donors (Lipinski definition) is 1. The number of benzene rings is 1. The van der Waals surface area contributed by atoms with Crippen LogP contribution in [0.2, 0.25) is 0 Å². The van der Waals surface area contributed by atoms with E-state index in [9.17, 15) is 4.39 Å². The van der Waals surface area contributed by atoms with Crippen LogP contribution in [0.15, 0.2) is 36.7 Å². The third kappa shape index (κ3) is 3.45. The Morgan fingerprint density at radius 1 is 1.24 bits per heavy atom. The van der Waals surface area contributed by atoms with Crippen LogP contribution in [-0.2, 0) is 7.05 Å². The number of nitrogens with zero attached hydrogens (tertiary/aromatic N) is 4. The number of halogens is 1. The molecular weight excluding hydrogens is 321 g/mol. The van der Waals surface area contributed by atoms with Crippen LogP contribution in [0.5, 0.6) is 5.75 Å². The van der Waals surface area contributed by atoms with E-state index in [1.54, 1.807) is 27.2 Å². The summed E-state index contributed by atoms with van der Waals surface area (Å²) in [5.41, 5.74) is 1.20. The number of ether oxygens (including phenoxy) is 1. The fourth-order valence-electron chi connectivity index (χ4n) is 2.70. The molecule has 1 N–H and O–H groups in total. The zero-order valence-electron chi connectivity index (χ0n) is 14.6. The summed E-state index contributed by atoms with van der Waals surface area (Å²) in [6.45, 7) is 3.36. The van der Waals surface area contributed by atoms with Crippen LogP contribution in [0.1, 0.15) is 28.9 Å². The van der Waals surface area contributed by atoms with Gasteiger partial charge < -0.3 is 14.6 Å². The molecule has 6 nitrogen and oxygen atoms in total. The van der Waals surface area contributed by atoms with Crippen LogP contribution in [0.4, 0.5) is 10.2 Å². The fraction of sp³-hybridized carbons (Fsp3) is 0.278. The van der Waals surface area contributed by atoms with Crippen molar-refractivity contribution in [1.29, 1.82) is 0 Å². The van der Waals surface area contributed by atoms with Crippen molar-refractivity contribution in [2.24, 2.45) is 7.05 Å². The van der Waals surface area contributed by atoms with Gasteiger partial charge in [-0.05, 0) is 31.5 Å². The number of anilines is 1. The Kier molecular flexibility index (Phi) is 4.65. The van der Waals surface area contributed by atoms with Gasteiger partial charge in [-0.2, -0.15) is 0 Å². The van der Waals surface area contributed by atoms with Crippen molar-refractivity contribution in [3.05, 3.63) is 65.4 Å². The lowest BCUT2D eigenvalue weighted by Crippen LogP contribution is -2.19. The number of hydrogen-bond acceptors (Lipinski definition) is 5. The third-order valence-electron chi connectivity index (χ3n) is 3.95. The molecule has 0 bridgehead atoms. The Bertz CT molecular complexity index is 893. The van der Waals surface area contributed by atoms with Crippen molar-refractivity contribution in [1.82, 2.24) is 19.5 Å². The molecule has 130 valence electrons. The van der Waals surface area contributed by atoms with E-state index in [1.165, 1.54) is 0 Å². The smallest absolute Gasteiger partial charge is 0.186 e. The van der Waals surface area contributed by atoms with Gasteiger partial charge in [0, 0.05) is 19.4 Å². The van der Waals surface area contributed by atoms with Gasteiger partial charge in [0.25, 0.3) is 0 Å². The second kappa shape index (κ2) is 6.88. The van der Waals surface area contributed by atoms with Crippen LogP contribution in [0.25, 0.3) is 0 Å². The Morgan fingerprint density at radius 3 is 2.72 bits per heavy atom. The second-order valence-corrected chi connectivity index (χ2v) is 5.77. The van der Waals surface area contributed by atoms with Gasteiger partial charge in [-0.1, -0.05) is 12.1 Å². The Morgan fingerprint density at radius 2 is 2.04 bits per heavy atom. The lowest BCUT2D eigenvalue weighted by Gasteiger charge is -2.21. The van der Waals surface area contributed by atoms with E-state index >= 15 is 0 Å². The van der Waals surface area contributed by atoms with E-state index in [-0.39, 0.29) is 5.82 Å². The lowest BCUT2D eigenvalue weighted by molar-refractivity contribution is 0.414. The van der Waals surface area contributed by atoms with Gasteiger partial charge in [0.15, 0.2) is 11.6 Å². The number of imidazole rings is 1. The molecule has 0 saturated heterocycles. The highest BCUT2D eigenvalue weighted by Gasteiger charge is 2.22. The van der Waals surface area contributed by atoms with Crippen molar-refractivity contribution in [2.75, 3.05) is 12.4 Å². The van der Waals surface area contributed by atoms with Gasteiger partial charge >= 0.3 is 0 Å². The molecule has 1 unspecified atom stereocenters. The van der Waals surface area contributed by atoms with Crippen molar-refractivity contribution in [3.8, 4) is 5.75 Å². The molecule has 2 heterocycles. The molecule has 0 amide bonds. The summed E-state index contributed by atoms with van der Waals surface area (Å²) in [6, 6.07) is 7.19. The maximum absolute atomic E-state index is 14.5. The van der Waals surface area contributed by atoms with Gasteiger partial charge in [0.2, 0.25) is 0 Å². The van der Waals surface area contributed by atoms with Crippen LogP contribution >= 0.6 is 0 Å². The van der Waals surface area contributed by atoms with Crippen molar-refractivity contribution >= 4 is 5.82 Å². The average Bonchev–Trinajstić information content (AvgIpc) is 3.02.